The molecule has 0 aliphatic carbocycles. The molecule has 0 atom stereocenters. The normalized spacial score (nSPS) is 10.7. The number of likely N-dealkylation sites (N-methyl/N-ethyl adjacent to an activating group) is 1. The van der Waals surface area contributed by atoms with Crippen molar-refractivity contribution in [3.8, 4) is 0 Å². The molecular formula is C16H26N2O2. The van der Waals surface area contributed by atoms with Gasteiger partial charge in [-0.3, -0.25) is 4.79 Å². The number of nitrogens with zero attached hydrogens (tertiary/aromatic N) is 1. The number of hydrogen-bond donors (Lipinski definition) is 1. The molecule has 0 aliphatic rings. The SMILES string of the molecule is CCNc1ccc(C)cc1C(=O)N(C)CCOC(C)C. The van der Waals surface area contributed by atoms with E-state index in [1.165, 1.54) is 0 Å². The molecule has 0 radical (unpaired) electrons. The molecule has 0 saturated heterocycles. The number of carbonyl (C=O) groups excluding carboxylic acids is 1. The molecule has 4 nitrogen and oxygen atoms in total. The van der Waals surface area contributed by atoms with Gasteiger partial charge < -0.3 is 15.0 Å². The molecule has 1 amide bonds. The van der Waals surface area contributed by atoms with Crippen LogP contribution < -0.4 is 5.32 Å². The van der Waals surface area contributed by atoms with Crippen molar-refractivity contribution in [2.24, 2.45) is 0 Å². The minimum Gasteiger partial charge on any atom is -0.385 e. The summed E-state index contributed by atoms with van der Waals surface area (Å²) in [5.74, 6) is 0.0250. The Balaban J connectivity index is 2.76. The van der Waals surface area contributed by atoms with E-state index < -0.39 is 0 Å². The summed E-state index contributed by atoms with van der Waals surface area (Å²) in [5, 5.41) is 3.23. The molecule has 1 N–H and O–H groups in total. The summed E-state index contributed by atoms with van der Waals surface area (Å²) in [6, 6.07) is 5.90. The van der Waals surface area contributed by atoms with Gasteiger partial charge in [0.05, 0.1) is 18.3 Å². The van der Waals surface area contributed by atoms with Gasteiger partial charge in [-0.05, 0) is 39.8 Å². The summed E-state index contributed by atoms with van der Waals surface area (Å²) in [5.41, 5.74) is 2.69. The Morgan fingerprint density at radius 1 is 1.40 bits per heavy atom. The van der Waals surface area contributed by atoms with E-state index in [1.807, 2.05) is 52.9 Å². The molecule has 1 aromatic carbocycles. The summed E-state index contributed by atoms with van der Waals surface area (Å²) in [7, 11) is 1.81. The van der Waals surface area contributed by atoms with E-state index in [1.54, 1.807) is 4.90 Å². The van der Waals surface area contributed by atoms with Crippen molar-refractivity contribution in [2.45, 2.75) is 33.8 Å². The molecule has 0 unspecified atom stereocenters. The van der Waals surface area contributed by atoms with Crippen LogP contribution in [0.2, 0.25) is 0 Å². The fraction of sp³-hybridized carbons (Fsp3) is 0.562. The summed E-state index contributed by atoms with van der Waals surface area (Å²) in [4.78, 5) is 14.2. The maximum Gasteiger partial charge on any atom is 0.255 e. The molecule has 1 aromatic rings. The van der Waals surface area contributed by atoms with Crippen molar-refractivity contribution in [3.05, 3.63) is 29.3 Å². The summed E-state index contributed by atoms with van der Waals surface area (Å²) < 4.78 is 5.49. The van der Waals surface area contributed by atoms with Crippen LogP contribution in [0.3, 0.4) is 0 Å². The molecule has 0 heterocycles. The van der Waals surface area contributed by atoms with E-state index in [2.05, 4.69) is 5.32 Å². The number of rotatable bonds is 7. The highest BCUT2D eigenvalue weighted by atomic mass is 16.5. The first-order valence-electron chi connectivity index (χ1n) is 7.17. The van der Waals surface area contributed by atoms with Gasteiger partial charge in [0.25, 0.3) is 5.91 Å². The molecule has 0 saturated carbocycles. The highest BCUT2D eigenvalue weighted by Crippen LogP contribution is 2.19. The number of carbonyl (C=O) groups is 1. The lowest BCUT2D eigenvalue weighted by molar-refractivity contribution is 0.0532. The lowest BCUT2D eigenvalue weighted by Crippen LogP contribution is -2.31. The van der Waals surface area contributed by atoms with Gasteiger partial charge in [0.15, 0.2) is 0 Å². The standard InChI is InChI=1S/C16H26N2O2/c1-6-17-15-8-7-13(4)11-14(15)16(19)18(5)9-10-20-12(2)3/h7-8,11-12,17H,6,9-10H2,1-5H3. The van der Waals surface area contributed by atoms with E-state index in [4.69, 9.17) is 4.74 Å². The van der Waals surface area contributed by atoms with Crippen LogP contribution in [-0.2, 0) is 4.74 Å². The van der Waals surface area contributed by atoms with Crippen molar-refractivity contribution >= 4 is 11.6 Å². The Morgan fingerprint density at radius 2 is 2.10 bits per heavy atom. The third-order valence-electron chi connectivity index (χ3n) is 3.00. The minimum atomic E-state index is 0.0250. The molecule has 112 valence electrons. The Labute approximate surface area is 122 Å². The maximum atomic E-state index is 12.5. The van der Waals surface area contributed by atoms with Crippen molar-refractivity contribution in [1.82, 2.24) is 4.90 Å². The zero-order valence-electron chi connectivity index (χ0n) is 13.2. The fourth-order valence-corrected chi connectivity index (χ4v) is 1.91. The predicted molar refractivity (Wildman–Crippen MR) is 83.4 cm³/mol. The molecule has 20 heavy (non-hydrogen) atoms. The molecule has 0 bridgehead atoms. The monoisotopic (exact) mass is 278 g/mol. The average Bonchev–Trinajstić information content (AvgIpc) is 2.39. The van der Waals surface area contributed by atoms with Crippen LogP contribution in [0.25, 0.3) is 0 Å². The Morgan fingerprint density at radius 3 is 2.70 bits per heavy atom. The van der Waals surface area contributed by atoms with Crippen LogP contribution in [0.15, 0.2) is 18.2 Å². The molecule has 0 spiro atoms. The van der Waals surface area contributed by atoms with Gasteiger partial charge in [-0.25, -0.2) is 0 Å². The second-order valence-electron chi connectivity index (χ2n) is 5.23. The quantitative estimate of drug-likeness (QED) is 0.834. The number of anilines is 1. The first kappa shape index (κ1) is 16.5. The van der Waals surface area contributed by atoms with E-state index in [-0.39, 0.29) is 12.0 Å². The van der Waals surface area contributed by atoms with Gasteiger partial charge in [0.1, 0.15) is 0 Å². The Bertz CT molecular complexity index is 444. The smallest absolute Gasteiger partial charge is 0.255 e. The number of aryl methyl sites for hydroxylation is 1. The largest absolute Gasteiger partial charge is 0.385 e. The average molecular weight is 278 g/mol. The number of hydrogen-bond acceptors (Lipinski definition) is 3. The zero-order chi connectivity index (χ0) is 15.1. The third-order valence-corrected chi connectivity index (χ3v) is 3.00. The Kier molecular flexibility index (Phi) is 6.52. The Hall–Kier alpha value is -1.55. The van der Waals surface area contributed by atoms with Gasteiger partial charge in [-0.1, -0.05) is 11.6 Å². The van der Waals surface area contributed by atoms with Crippen LogP contribution in [0.5, 0.6) is 0 Å². The summed E-state index contributed by atoms with van der Waals surface area (Å²) in [6.45, 7) is 9.95. The highest BCUT2D eigenvalue weighted by molar-refractivity contribution is 5.99. The van der Waals surface area contributed by atoms with Gasteiger partial charge in [0.2, 0.25) is 0 Å². The van der Waals surface area contributed by atoms with Crippen molar-refractivity contribution in [2.75, 3.05) is 32.1 Å². The predicted octanol–water partition coefficient (Wildman–Crippen LogP) is 2.92. The lowest BCUT2D eigenvalue weighted by atomic mass is 10.1. The third kappa shape index (κ3) is 4.85. The molecule has 0 fully saturated rings. The van der Waals surface area contributed by atoms with Crippen LogP contribution in [-0.4, -0.2) is 43.7 Å². The molecular weight excluding hydrogens is 252 g/mol. The molecule has 0 aliphatic heterocycles. The zero-order valence-corrected chi connectivity index (χ0v) is 13.2. The van der Waals surface area contributed by atoms with Gasteiger partial charge in [-0.15, -0.1) is 0 Å². The van der Waals surface area contributed by atoms with Crippen molar-refractivity contribution in [3.63, 3.8) is 0 Å². The number of benzene rings is 1. The second-order valence-corrected chi connectivity index (χ2v) is 5.23. The van der Waals surface area contributed by atoms with Crippen LogP contribution >= 0.6 is 0 Å². The second kappa shape index (κ2) is 7.90. The van der Waals surface area contributed by atoms with Crippen LogP contribution in [0.1, 0.15) is 36.7 Å². The molecule has 1 rings (SSSR count). The number of nitrogens with one attached hydrogen (secondary N) is 1. The van der Waals surface area contributed by atoms with E-state index >= 15 is 0 Å². The van der Waals surface area contributed by atoms with Gasteiger partial charge >= 0.3 is 0 Å². The minimum absolute atomic E-state index is 0.0250. The summed E-state index contributed by atoms with van der Waals surface area (Å²) >= 11 is 0. The van der Waals surface area contributed by atoms with Crippen LogP contribution in [0, 0.1) is 6.92 Å². The number of amides is 1. The van der Waals surface area contributed by atoms with E-state index in [0.29, 0.717) is 13.2 Å². The fourth-order valence-electron chi connectivity index (χ4n) is 1.91. The van der Waals surface area contributed by atoms with Crippen LogP contribution in [0.4, 0.5) is 5.69 Å². The highest BCUT2D eigenvalue weighted by Gasteiger charge is 2.15. The van der Waals surface area contributed by atoms with Crippen molar-refractivity contribution < 1.29 is 9.53 Å². The molecule has 0 aromatic heterocycles. The first-order chi connectivity index (χ1) is 9.45. The van der Waals surface area contributed by atoms with E-state index in [9.17, 15) is 4.79 Å². The lowest BCUT2D eigenvalue weighted by Gasteiger charge is -2.20. The van der Waals surface area contributed by atoms with Gasteiger partial charge in [0, 0.05) is 25.8 Å². The maximum absolute atomic E-state index is 12.5. The number of ether oxygens (including phenoxy) is 1. The summed E-state index contributed by atoms with van der Waals surface area (Å²) in [6.07, 6.45) is 0.190. The first-order valence-corrected chi connectivity index (χ1v) is 7.17. The van der Waals surface area contributed by atoms with Gasteiger partial charge in [-0.2, -0.15) is 0 Å². The molecule has 4 heteroatoms. The van der Waals surface area contributed by atoms with Crippen molar-refractivity contribution in [1.29, 1.82) is 0 Å². The topological polar surface area (TPSA) is 41.6 Å². The van der Waals surface area contributed by atoms with E-state index in [0.717, 1.165) is 23.4 Å².